The van der Waals surface area contributed by atoms with Crippen molar-refractivity contribution in [3.8, 4) is 5.69 Å². The number of aromatic nitrogens is 3. The topological polar surface area (TPSA) is 62.8 Å². The molecule has 14 heavy (non-hydrogen) atoms. The Labute approximate surface area is 87.8 Å². The van der Waals surface area contributed by atoms with Gasteiger partial charge in [-0.2, -0.15) is 0 Å². The number of halogens is 2. The van der Waals surface area contributed by atoms with Crippen LogP contribution in [0.3, 0.4) is 0 Å². The average molecular weight is 233 g/mol. The molecule has 0 aliphatic rings. The number of nitrogens with zero attached hydrogens (tertiary/aromatic N) is 2. The summed E-state index contributed by atoms with van der Waals surface area (Å²) in [4.78, 5) is 11.8. The van der Waals surface area contributed by atoms with E-state index >= 15 is 0 Å². The Kier molecular flexibility index (Phi) is 2.26. The van der Waals surface area contributed by atoms with Gasteiger partial charge in [0, 0.05) is 0 Å². The van der Waals surface area contributed by atoms with E-state index in [0.29, 0.717) is 15.7 Å². The maximum absolute atomic E-state index is 10.7. The first-order valence-corrected chi connectivity index (χ1v) is 4.37. The largest absolute Gasteiger partial charge is 0.493 e. The number of H-pyrrole nitrogens is 1. The van der Waals surface area contributed by atoms with Crippen molar-refractivity contribution in [2.24, 2.45) is 0 Å². The van der Waals surface area contributed by atoms with Crippen molar-refractivity contribution < 1.29 is 9.32 Å². The van der Waals surface area contributed by atoms with Gasteiger partial charge in [-0.1, -0.05) is 34.4 Å². The summed E-state index contributed by atoms with van der Waals surface area (Å²) in [7, 11) is 0. The molecule has 0 saturated heterocycles. The fraction of sp³-hybridized carbons (Fsp3) is 0. The molecule has 0 aliphatic carbocycles. The van der Waals surface area contributed by atoms with E-state index in [1.54, 1.807) is 18.2 Å². The van der Waals surface area contributed by atoms with Gasteiger partial charge in [0.25, 0.3) is 0 Å². The third kappa shape index (κ3) is 1.51. The van der Waals surface area contributed by atoms with Gasteiger partial charge in [0.2, 0.25) is 5.27 Å². The Morgan fingerprint density at radius 2 is 2.00 bits per heavy atom. The molecular weight excluding hydrogens is 229 g/mol. The van der Waals surface area contributed by atoms with Gasteiger partial charge in [-0.3, -0.25) is 0 Å². The van der Waals surface area contributed by atoms with Crippen LogP contribution in [-0.2, 0) is 0 Å². The van der Waals surface area contributed by atoms with Crippen LogP contribution < -0.4 is 10.6 Å². The van der Waals surface area contributed by atoms with Gasteiger partial charge in [-0.25, -0.2) is 9.32 Å². The molecule has 2 aromatic rings. The third-order valence-corrected chi connectivity index (χ3v) is 2.16. The Morgan fingerprint density at radius 1 is 1.36 bits per heavy atom. The summed E-state index contributed by atoms with van der Waals surface area (Å²) in [5, 5.41) is 6.44. The molecule has 1 heterocycles. The molecule has 72 valence electrons. The van der Waals surface area contributed by atoms with Crippen molar-refractivity contribution in [3.63, 3.8) is 0 Å². The quantitative estimate of drug-likeness (QED) is 0.745. The molecule has 0 bridgehead atoms. The molecule has 0 unspecified atom stereocenters. The summed E-state index contributed by atoms with van der Waals surface area (Å²) in [5.41, 5.74) is 0.377. The summed E-state index contributed by atoms with van der Waals surface area (Å²) in [6, 6.07) is 4.94. The summed E-state index contributed by atoms with van der Waals surface area (Å²) in [6.07, 6.45) is 0. The molecule has 1 aromatic heterocycles. The van der Waals surface area contributed by atoms with Crippen molar-refractivity contribution in [2.45, 2.75) is 0 Å². The molecule has 0 radical (unpaired) electrons. The second kappa shape index (κ2) is 3.43. The van der Waals surface area contributed by atoms with Gasteiger partial charge in [0.1, 0.15) is 10.0 Å². The summed E-state index contributed by atoms with van der Waals surface area (Å²) >= 11 is 11.7. The van der Waals surface area contributed by atoms with Gasteiger partial charge in [-0.05, 0) is 12.1 Å². The van der Waals surface area contributed by atoms with Crippen LogP contribution in [0.15, 0.2) is 27.5 Å². The van der Waals surface area contributed by atoms with Crippen LogP contribution in [0.4, 0.5) is 0 Å². The lowest BCUT2D eigenvalue weighted by Crippen LogP contribution is -2.38. The SMILES string of the molecule is O=c1[nH][n+](-c2c(Cl)cccc2Cl)no1. The Bertz CT molecular complexity index is 499. The predicted octanol–water partition coefficient (Wildman–Crippen LogP) is 0.946. The Morgan fingerprint density at radius 3 is 2.50 bits per heavy atom. The minimum Gasteiger partial charge on any atom is -0.239 e. The predicted molar refractivity (Wildman–Crippen MR) is 48.7 cm³/mol. The Hall–Kier alpha value is -1.33. The number of rotatable bonds is 1. The highest BCUT2D eigenvalue weighted by atomic mass is 35.5. The number of benzene rings is 1. The van der Waals surface area contributed by atoms with Crippen LogP contribution in [-0.4, -0.2) is 10.4 Å². The summed E-state index contributed by atoms with van der Waals surface area (Å²) in [6.45, 7) is 0. The fourth-order valence-corrected chi connectivity index (χ4v) is 1.55. The second-order valence-corrected chi connectivity index (χ2v) is 3.27. The first kappa shape index (κ1) is 9.23. The lowest BCUT2D eigenvalue weighted by molar-refractivity contribution is -0.725. The normalized spacial score (nSPS) is 10.4. The monoisotopic (exact) mass is 232 g/mol. The maximum atomic E-state index is 10.7. The van der Waals surface area contributed by atoms with E-state index in [1.165, 1.54) is 0 Å². The van der Waals surface area contributed by atoms with Crippen LogP contribution in [0.1, 0.15) is 0 Å². The molecule has 7 heteroatoms. The van der Waals surface area contributed by atoms with Gasteiger partial charge in [-0.15, -0.1) is 0 Å². The summed E-state index contributed by atoms with van der Waals surface area (Å²) < 4.78 is 4.31. The fourth-order valence-electron chi connectivity index (χ4n) is 0.993. The molecule has 0 atom stereocenters. The van der Waals surface area contributed by atoms with E-state index in [2.05, 4.69) is 14.9 Å². The highest BCUT2D eigenvalue weighted by Crippen LogP contribution is 2.22. The maximum Gasteiger partial charge on any atom is 0.493 e. The molecule has 5 nitrogen and oxygen atoms in total. The van der Waals surface area contributed by atoms with Gasteiger partial charge in [0.05, 0.1) is 4.80 Å². The van der Waals surface area contributed by atoms with E-state index in [4.69, 9.17) is 23.2 Å². The van der Waals surface area contributed by atoms with E-state index in [-0.39, 0.29) is 0 Å². The Balaban J connectivity index is 2.67. The van der Waals surface area contributed by atoms with E-state index in [0.717, 1.165) is 4.80 Å². The first-order chi connectivity index (χ1) is 6.68. The third-order valence-electron chi connectivity index (χ3n) is 1.55. The molecule has 0 fully saturated rings. The zero-order valence-corrected chi connectivity index (χ0v) is 8.21. The number of aromatic amines is 1. The van der Waals surface area contributed by atoms with E-state index in [9.17, 15) is 4.79 Å². The standard InChI is InChI=1S/C7H3Cl2N3O2/c8-4-2-1-3-5(9)6(4)12-10-7(13)14-11-12/h1-3H/p+1. The average Bonchev–Trinajstić information content (AvgIpc) is 2.51. The van der Waals surface area contributed by atoms with Crippen LogP contribution in [0.5, 0.6) is 0 Å². The second-order valence-electron chi connectivity index (χ2n) is 2.45. The molecule has 0 aliphatic heterocycles. The number of nitrogens with one attached hydrogen (secondary N) is 1. The zero-order chi connectivity index (χ0) is 10.1. The lowest BCUT2D eigenvalue weighted by Gasteiger charge is -1.92. The van der Waals surface area contributed by atoms with Crippen molar-refractivity contribution in [2.75, 3.05) is 0 Å². The van der Waals surface area contributed by atoms with Crippen molar-refractivity contribution >= 4 is 23.2 Å². The summed E-state index contributed by atoms with van der Waals surface area (Å²) in [5.74, 6) is -0.680. The van der Waals surface area contributed by atoms with Gasteiger partial charge >= 0.3 is 11.4 Å². The van der Waals surface area contributed by atoms with Crippen LogP contribution in [0, 0.1) is 0 Å². The van der Waals surface area contributed by atoms with Gasteiger partial charge < -0.3 is 0 Å². The smallest absolute Gasteiger partial charge is 0.239 e. The molecule has 2 rings (SSSR count). The molecule has 0 amide bonds. The van der Waals surface area contributed by atoms with E-state index in [1.807, 2.05) is 0 Å². The van der Waals surface area contributed by atoms with E-state index < -0.39 is 5.76 Å². The van der Waals surface area contributed by atoms with Crippen LogP contribution in [0.2, 0.25) is 10.0 Å². The first-order valence-electron chi connectivity index (χ1n) is 3.61. The van der Waals surface area contributed by atoms with Crippen molar-refractivity contribution in [3.05, 3.63) is 38.8 Å². The molecule has 0 spiro atoms. The number of hydrogen-bond acceptors (Lipinski definition) is 3. The number of para-hydroxylation sites is 1. The van der Waals surface area contributed by atoms with Gasteiger partial charge in [0.15, 0.2) is 0 Å². The lowest BCUT2D eigenvalue weighted by atomic mass is 10.3. The minimum absolute atomic E-state index is 0.368. The minimum atomic E-state index is -0.680. The molecule has 0 saturated carbocycles. The van der Waals surface area contributed by atoms with Crippen molar-refractivity contribution in [1.82, 2.24) is 10.4 Å². The molecule has 1 aromatic carbocycles. The molecular formula is C7H4Cl2N3O2+. The van der Waals surface area contributed by atoms with Crippen LogP contribution in [0.25, 0.3) is 5.69 Å². The number of hydrogen-bond donors (Lipinski definition) is 1. The highest BCUT2D eigenvalue weighted by molar-refractivity contribution is 6.37. The van der Waals surface area contributed by atoms with Crippen molar-refractivity contribution in [1.29, 1.82) is 0 Å². The van der Waals surface area contributed by atoms with Crippen LogP contribution >= 0.6 is 23.2 Å². The zero-order valence-electron chi connectivity index (χ0n) is 6.70. The molecule has 1 N–H and O–H groups in total. The highest BCUT2D eigenvalue weighted by Gasteiger charge is 2.21.